The van der Waals surface area contributed by atoms with Gasteiger partial charge in [-0.2, -0.15) is 0 Å². The molecule has 0 amide bonds. The summed E-state index contributed by atoms with van der Waals surface area (Å²) in [6.07, 6.45) is -13.6. The van der Waals surface area contributed by atoms with E-state index in [9.17, 15) is 60.7 Å². The van der Waals surface area contributed by atoms with Crippen LogP contribution in [0.15, 0.2) is 11.6 Å². The Hall–Kier alpha value is -1.88. The minimum absolute atomic E-state index is 0.0646. The van der Waals surface area contributed by atoms with Gasteiger partial charge in [0.2, 0.25) is 6.29 Å². The van der Waals surface area contributed by atoms with Crippen LogP contribution in [0.4, 0.5) is 0 Å². The Morgan fingerprint density at radius 1 is 0.708 bits per heavy atom. The summed E-state index contributed by atoms with van der Waals surface area (Å²) in [6.45, 7) is 14.9. The van der Waals surface area contributed by atoms with E-state index >= 15 is 0 Å². The maximum atomic E-state index is 14.6. The predicted molar refractivity (Wildman–Crippen MR) is 225 cm³/mol. The molecule has 0 aromatic heterocycles. The van der Waals surface area contributed by atoms with Crippen molar-refractivity contribution in [3.63, 3.8) is 0 Å². The average molecular weight is 927 g/mol. The fraction of sp³-hybridized carbons (Fsp3) is 0.915. The van der Waals surface area contributed by atoms with Gasteiger partial charge in [-0.05, 0) is 109 Å². The molecular formula is C47H74O18. The molecule has 0 aromatic rings. The van der Waals surface area contributed by atoms with Gasteiger partial charge in [-0.3, -0.25) is 4.79 Å². The van der Waals surface area contributed by atoms with E-state index in [1.165, 1.54) is 5.57 Å². The summed E-state index contributed by atoms with van der Waals surface area (Å²) >= 11 is 0. The molecule has 3 heterocycles. The summed E-state index contributed by atoms with van der Waals surface area (Å²) < 4.78 is 34.9. The van der Waals surface area contributed by atoms with Crippen LogP contribution in [-0.2, 0) is 38.0 Å². The molecule has 8 aliphatic rings. The summed E-state index contributed by atoms with van der Waals surface area (Å²) in [4.78, 5) is 27.2. The molecular weight excluding hydrogens is 852 g/mol. The number of hydrogen-bond donors (Lipinski definition) is 10. The zero-order valence-electron chi connectivity index (χ0n) is 38.7. The molecule has 0 bridgehead atoms. The topological polar surface area (TPSA) is 292 Å². The zero-order valence-corrected chi connectivity index (χ0v) is 38.7. The standard InChI is InChI=1S/C47H74O18/c1-42(2)14-16-47(41(59)65-39-33(55)30(52)29(51)24(19-48)61-39)17-15-45(6)21(22(47)18-42)8-9-26-44(5)12-11-27(43(3,4)25(44)10-13-46(26,45)7)62-40-34(56)31(53)35(36(64-40)37(57)58)63-38-32(54)28(50)23(49)20-60-38/h8,22-36,38-40,48-56H,9-20H2,1-7H3,(H,57,58)/t22?,23?,24?,25?,26?,27?,28?,29?,30?,31-,32-,33?,34+,35?,36?,38+,39?,40?,44+,45-,46-,47+/m1/s1. The Labute approximate surface area is 380 Å². The number of rotatable bonds is 8. The van der Waals surface area contributed by atoms with Crippen molar-refractivity contribution in [2.45, 2.75) is 205 Å². The molecule has 3 saturated heterocycles. The second-order valence-corrected chi connectivity index (χ2v) is 23.1. The Morgan fingerprint density at radius 3 is 2.05 bits per heavy atom. The lowest BCUT2D eigenvalue weighted by Gasteiger charge is -2.71. The van der Waals surface area contributed by atoms with Gasteiger partial charge in [0.1, 0.15) is 61.0 Å². The molecule has 65 heavy (non-hydrogen) atoms. The highest BCUT2D eigenvalue weighted by Crippen LogP contribution is 2.76. The number of esters is 1. The van der Waals surface area contributed by atoms with Crippen molar-refractivity contribution < 1.29 is 89.1 Å². The van der Waals surface area contributed by atoms with E-state index < -0.39 is 128 Å². The lowest BCUT2D eigenvalue weighted by Crippen LogP contribution is -2.67. The maximum absolute atomic E-state index is 14.6. The van der Waals surface area contributed by atoms with E-state index in [0.717, 1.165) is 44.9 Å². The highest BCUT2D eigenvalue weighted by atomic mass is 16.7. The molecule has 10 N–H and O–H groups in total. The first-order valence-corrected chi connectivity index (χ1v) is 23.7. The average Bonchev–Trinajstić information content (AvgIpc) is 3.24. The van der Waals surface area contributed by atoms with Gasteiger partial charge in [0.25, 0.3) is 0 Å². The van der Waals surface area contributed by atoms with E-state index in [4.69, 9.17) is 28.4 Å². The van der Waals surface area contributed by atoms with Gasteiger partial charge in [-0.25, -0.2) is 4.79 Å². The second-order valence-electron chi connectivity index (χ2n) is 23.1. The Kier molecular flexibility index (Phi) is 13.1. The summed E-state index contributed by atoms with van der Waals surface area (Å²) in [5, 5.41) is 105. The Balaban J connectivity index is 1.01. The van der Waals surface area contributed by atoms with E-state index in [2.05, 4.69) is 54.5 Å². The third-order valence-corrected chi connectivity index (χ3v) is 18.9. The first kappa shape index (κ1) is 49.5. The van der Waals surface area contributed by atoms with Gasteiger partial charge < -0.3 is 79.5 Å². The van der Waals surface area contributed by atoms with Crippen molar-refractivity contribution in [1.29, 1.82) is 0 Å². The van der Waals surface area contributed by atoms with Crippen LogP contribution in [0.5, 0.6) is 0 Å². The quantitative estimate of drug-likeness (QED) is 0.0918. The normalized spacial score (nSPS) is 52.7. The number of ether oxygens (including phenoxy) is 6. The molecule has 5 aliphatic carbocycles. The number of carboxylic acid groups (broad SMARTS) is 1. The van der Waals surface area contributed by atoms with Crippen molar-refractivity contribution in [2.24, 2.45) is 50.2 Å². The smallest absolute Gasteiger partial charge is 0.335 e. The minimum atomic E-state index is -1.84. The number of carbonyl (C=O) groups is 2. The van der Waals surface area contributed by atoms with Crippen LogP contribution >= 0.6 is 0 Å². The third kappa shape index (κ3) is 7.76. The van der Waals surface area contributed by atoms with Crippen LogP contribution in [0.2, 0.25) is 0 Å². The van der Waals surface area contributed by atoms with E-state index in [-0.39, 0.29) is 39.4 Å². The first-order valence-electron chi connectivity index (χ1n) is 23.7. The lowest BCUT2D eigenvalue weighted by atomic mass is 9.33. The lowest BCUT2D eigenvalue weighted by molar-refractivity contribution is -0.354. The number of aliphatic hydroxyl groups excluding tert-OH is 9. The fourth-order valence-electron chi connectivity index (χ4n) is 14.7. The predicted octanol–water partition coefficient (Wildman–Crippen LogP) is 0.872. The molecule has 14 unspecified atom stereocenters. The molecule has 0 radical (unpaired) electrons. The monoisotopic (exact) mass is 926 g/mol. The fourth-order valence-corrected chi connectivity index (χ4v) is 14.7. The molecule has 0 spiro atoms. The number of carbonyl (C=O) groups excluding carboxylic acids is 1. The molecule has 7 fully saturated rings. The van der Waals surface area contributed by atoms with Gasteiger partial charge in [0.15, 0.2) is 18.7 Å². The van der Waals surface area contributed by atoms with Crippen molar-refractivity contribution in [2.75, 3.05) is 13.2 Å². The van der Waals surface area contributed by atoms with Crippen LogP contribution in [0.25, 0.3) is 0 Å². The molecule has 0 aromatic carbocycles. The summed E-state index contributed by atoms with van der Waals surface area (Å²) in [6, 6.07) is 0. The molecule has 18 nitrogen and oxygen atoms in total. The van der Waals surface area contributed by atoms with Gasteiger partial charge in [-0.15, -0.1) is 0 Å². The van der Waals surface area contributed by atoms with Gasteiger partial charge in [0.05, 0.1) is 24.7 Å². The number of hydrogen-bond acceptors (Lipinski definition) is 17. The number of fused-ring (bicyclic) bond motifs is 7. The molecule has 8 rings (SSSR count). The summed E-state index contributed by atoms with van der Waals surface area (Å²) in [7, 11) is 0. The zero-order chi connectivity index (χ0) is 47.6. The summed E-state index contributed by atoms with van der Waals surface area (Å²) in [5.74, 6) is -1.77. The van der Waals surface area contributed by atoms with E-state index in [1.807, 2.05) is 0 Å². The van der Waals surface area contributed by atoms with Gasteiger partial charge >= 0.3 is 11.9 Å². The SMILES string of the molecule is CC1(C)CC[C@]2(C(=O)OC3OC(CO)C(O)C(O)C3O)CC[C@]3(C)C(=CCC4[C@@]5(C)CCC(OC6OC(C(=O)O)C(O[C@@H]7OCC(O)C(O)[C@H]7O)[C@H](O)[C@@H]6O)C(C)(C)C5CC[C@]43C)C2C1. The van der Waals surface area contributed by atoms with Crippen LogP contribution in [0.1, 0.15) is 113 Å². The molecule has 4 saturated carbocycles. The van der Waals surface area contributed by atoms with Crippen molar-refractivity contribution in [3.05, 3.63) is 11.6 Å². The van der Waals surface area contributed by atoms with Crippen molar-refractivity contribution in [3.8, 4) is 0 Å². The second kappa shape index (κ2) is 17.2. The van der Waals surface area contributed by atoms with E-state index in [1.54, 1.807) is 0 Å². The van der Waals surface area contributed by atoms with Crippen LogP contribution < -0.4 is 0 Å². The molecule has 18 heteroatoms. The van der Waals surface area contributed by atoms with Gasteiger partial charge in [-0.1, -0.05) is 60.1 Å². The van der Waals surface area contributed by atoms with Crippen LogP contribution in [0.3, 0.4) is 0 Å². The first-order chi connectivity index (χ1) is 30.3. The number of aliphatic carboxylic acids is 1. The Bertz CT molecular complexity index is 1820. The minimum Gasteiger partial charge on any atom is -0.479 e. The maximum Gasteiger partial charge on any atom is 0.335 e. The molecule has 22 atom stereocenters. The highest BCUT2D eigenvalue weighted by molar-refractivity contribution is 5.79. The molecule has 370 valence electrons. The number of allylic oxidation sites excluding steroid dienone is 2. The number of aliphatic hydroxyl groups is 9. The van der Waals surface area contributed by atoms with Crippen molar-refractivity contribution in [1.82, 2.24) is 0 Å². The van der Waals surface area contributed by atoms with Crippen LogP contribution in [0, 0.1) is 50.2 Å². The highest BCUT2D eigenvalue weighted by Gasteiger charge is 2.70. The van der Waals surface area contributed by atoms with Crippen molar-refractivity contribution >= 4 is 11.9 Å². The molecule has 3 aliphatic heterocycles. The number of carboxylic acids is 1. The third-order valence-electron chi connectivity index (χ3n) is 18.9. The van der Waals surface area contributed by atoms with Crippen LogP contribution in [-0.4, -0.2) is 168 Å². The summed E-state index contributed by atoms with van der Waals surface area (Å²) in [5.41, 5.74) is -0.801. The van der Waals surface area contributed by atoms with Gasteiger partial charge in [0, 0.05) is 0 Å². The Morgan fingerprint density at radius 2 is 1.37 bits per heavy atom. The van der Waals surface area contributed by atoms with E-state index in [0.29, 0.717) is 19.3 Å². The largest absolute Gasteiger partial charge is 0.479 e.